The first-order chi connectivity index (χ1) is 8.82. The van der Waals surface area contributed by atoms with Gasteiger partial charge in [-0.15, -0.1) is 0 Å². The molecule has 0 spiro atoms. The van der Waals surface area contributed by atoms with Gasteiger partial charge in [0.05, 0.1) is 0 Å². The normalized spacial score (nSPS) is 11.4. The van der Waals surface area contributed by atoms with Gasteiger partial charge in [0, 0.05) is 16.6 Å². The quantitative estimate of drug-likeness (QED) is 0.853. The minimum absolute atomic E-state index is 0.0244. The van der Waals surface area contributed by atoms with Crippen molar-refractivity contribution in [1.82, 2.24) is 5.32 Å². The molecule has 0 fully saturated rings. The van der Waals surface area contributed by atoms with Crippen molar-refractivity contribution >= 4 is 21.8 Å². The highest BCUT2D eigenvalue weighted by atomic mass is 79.9. The van der Waals surface area contributed by atoms with Crippen LogP contribution in [0, 0.1) is 24.7 Å². The summed E-state index contributed by atoms with van der Waals surface area (Å²) >= 11 is 3.41. The highest BCUT2D eigenvalue weighted by Crippen LogP contribution is 2.20. The zero-order valence-electron chi connectivity index (χ0n) is 12.5. The Morgan fingerprint density at radius 2 is 1.79 bits per heavy atom. The summed E-state index contributed by atoms with van der Waals surface area (Å²) in [6.45, 7) is 11.5. The fourth-order valence-electron chi connectivity index (χ4n) is 2.43. The molecule has 3 heteroatoms. The molecule has 0 saturated heterocycles. The van der Waals surface area contributed by atoms with Crippen molar-refractivity contribution in [3.8, 4) is 0 Å². The first-order valence-corrected chi connectivity index (χ1v) is 7.66. The molecule has 1 rings (SSSR count). The summed E-state index contributed by atoms with van der Waals surface area (Å²) in [6, 6.07) is 5.75. The van der Waals surface area contributed by atoms with Crippen LogP contribution in [0.2, 0.25) is 0 Å². The molecule has 19 heavy (non-hydrogen) atoms. The molecule has 0 aliphatic rings. The van der Waals surface area contributed by atoms with Gasteiger partial charge in [-0.05, 0) is 48.4 Å². The van der Waals surface area contributed by atoms with Gasteiger partial charge in [-0.3, -0.25) is 4.79 Å². The maximum absolute atomic E-state index is 12.2. The molecule has 1 N–H and O–H groups in total. The Balaban J connectivity index is 2.69. The molecule has 0 aliphatic heterocycles. The van der Waals surface area contributed by atoms with E-state index in [0.717, 1.165) is 22.1 Å². The van der Waals surface area contributed by atoms with Gasteiger partial charge >= 0.3 is 0 Å². The van der Waals surface area contributed by atoms with E-state index in [0.29, 0.717) is 17.8 Å². The lowest BCUT2D eigenvalue weighted by atomic mass is 9.85. The number of hydrogen-bond acceptors (Lipinski definition) is 1. The molecule has 0 bridgehead atoms. The average Bonchev–Trinajstić information content (AvgIpc) is 2.27. The molecule has 0 unspecified atom stereocenters. The minimum atomic E-state index is 0.0244. The smallest absolute Gasteiger partial charge is 0.251 e. The van der Waals surface area contributed by atoms with E-state index in [-0.39, 0.29) is 5.91 Å². The van der Waals surface area contributed by atoms with Gasteiger partial charge in [-0.25, -0.2) is 0 Å². The van der Waals surface area contributed by atoms with Gasteiger partial charge in [0.25, 0.3) is 5.91 Å². The summed E-state index contributed by atoms with van der Waals surface area (Å²) in [5.74, 6) is 1.69. The lowest BCUT2D eigenvalue weighted by Crippen LogP contribution is -2.34. The van der Waals surface area contributed by atoms with E-state index in [4.69, 9.17) is 0 Å². The SMILES string of the molecule is Cc1cc(Br)ccc1C(=O)NCC(C(C)C)C(C)C. The number of hydrogen-bond donors (Lipinski definition) is 1. The standard InChI is InChI=1S/C16H24BrNO/c1-10(2)15(11(3)4)9-18-16(19)14-7-6-13(17)8-12(14)5/h6-8,10-11,15H,9H2,1-5H3,(H,18,19). The second-order valence-corrected chi connectivity index (χ2v) is 6.74. The van der Waals surface area contributed by atoms with Crippen molar-refractivity contribution in [2.24, 2.45) is 17.8 Å². The maximum atomic E-state index is 12.2. The summed E-state index contributed by atoms with van der Waals surface area (Å²) < 4.78 is 1.00. The van der Waals surface area contributed by atoms with Gasteiger partial charge in [-0.2, -0.15) is 0 Å². The summed E-state index contributed by atoms with van der Waals surface area (Å²) in [4.78, 5) is 12.2. The third kappa shape index (κ3) is 4.64. The largest absolute Gasteiger partial charge is 0.352 e. The van der Waals surface area contributed by atoms with Gasteiger partial charge < -0.3 is 5.32 Å². The van der Waals surface area contributed by atoms with Crippen molar-refractivity contribution in [3.05, 3.63) is 33.8 Å². The molecule has 1 aromatic rings. The van der Waals surface area contributed by atoms with Crippen LogP contribution in [0.1, 0.15) is 43.6 Å². The van der Waals surface area contributed by atoms with Crippen LogP contribution in [0.4, 0.5) is 0 Å². The van der Waals surface area contributed by atoms with Crippen LogP contribution in [-0.4, -0.2) is 12.5 Å². The van der Waals surface area contributed by atoms with Crippen LogP contribution < -0.4 is 5.32 Å². The number of carbonyl (C=O) groups is 1. The van der Waals surface area contributed by atoms with Crippen molar-refractivity contribution in [2.75, 3.05) is 6.54 Å². The molecule has 0 heterocycles. The number of halogens is 1. The van der Waals surface area contributed by atoms with Gasteiger partial charge in [0.15, 0.2) is 0 Å². The average molecular weight is 326 g/mol. The molecule has 0 saturated carbocycles. The fraction of sp³-hybridized carbons (Fsp3) is 0.562. The molecule has 0 atom stereocenters. The topological polar surface area (TPSA) is 29.1 Å². The first kappa shape index (κ1) is 16.2. The van der Waals surface area contributed by atoms with Crippen molar-refractivity contribution in [1.29, 1.82) is 0 Å². The third-order valence-electron chi connectivity index (χ3n) is 3.64. The van der Waals surface area contributed by atoms with Crippen LogP contribution >= 0.6 is 15.9 Å². The zero-order chi connectivity index (χ0) is 14.6. The molecule has 0 aromatic heterocycles. The molecular formula is C16H24BrNO. The van der Waals surface area contributed by atoms with Crippen molar-refractivity contribution in [2.45, 2.75) is 34.6 Å². The molecule has 1 aromatic carbocycles. The number of aryl methyl sites for hydroxylation is 1. The van der Waals surface area contributed by atoms with Crippen LogP contribution in [0.25, 0.3) is 0 Å². The van der Waals surface area contributed by atoms with E-state index < -0.39 is 0 Å². The molecule has 2 nitrogen and oxygen atoms in total. The Kier molecular flexibility index (Phi) is 6.05. The molecule has 0 aliphatic carbocycles. The number of benzene rings is 1. The van der Waals surface area contributed by atoms with Gasteiger partial charge in [0.2, 0.25) is 0 Å². The molecule has 0 radical (unpaired) electrons. The second-order valence-electron chi connectivity index (χ2n) is 5.82. The molecular weight excluding hydrogens is 302 g/mol. The monoisotopic (exact) mass is 325 g/mol. The van der Waals surface area contributed by atoms with E-state index in [1.807, 2.05) is 25.1 Å². The van der Waals surface area contributed by atoms with E-state index >= 15 is 0 Å². The molecule has 1 amide bonds. The Bertz CT molecular complexity index is 432. The first-order valence-electron chi connectivity index (χ1n) is 6.87. The number of nitrogens with one attached hydrogen (secondary N) is 1. The Morgan fingerprint density at radius 1 is 1.21 bits per heavy atom. The molecule has 106 valence electrons. The number of rotatable bonds is 5. The van der Waals surface area contributed by atoms with E-state index in [1.165, 1.54) is 0 Å². The predicted octanol–water partition coefficient (Wildman–Crippen LogP) is 4.42. The summed E-state index contributed by atoms with van der Waals surface area (Å²) in [5.41, 5.74) is 1.76. The number of amides is 1. The van der Waals surface area contributed by atoms with Crippen LogP contribution in [0.3, 0.4) is 0 Å². The minimum Gasteiger partial charge on any atom is -0.352 e. The van der Waals surface area contributed by atoms with E-state index in [1.54, 1.807) is 0 Å². The van der Waals surface area contributed by atoms with E-state index in [2.05, 4.69) is 48.9 Å². The maximum Gasteiger partial charge on any atom is 0.251 e. The van der Waals surface area contributed by atoms with Crippen molar-refractivity contribution < 1.29 is 4.79 Å². The third-order valence-corrected chi connectivity index (χ3v) is 4.14. The summed E-state index contributed by atoms with van der Waals surface area (Å²) in [7, 11) is 0. The highest BCUT2D eigenvalue weighted by Gasteiger charge is 2.19. The van der Waals surface area contributed by atoms with Crippen LogP contribution in [0.15, 0.2) is 22.7 Å². The predicted molar refractivity (Wildman–Crippen MR) is 84.4 cm³/mol. The highest BCUT2D eigenvalue weighted by molar-refractivity contribution is 9.10. The Labute approximate surface area is 125 Å². The second kappa shape index (κ2) is 7.09. The zero-order valence-corrected chi connectivity index (χ0v) is 14.0. The Hall–Kier alpha value is -0.830. The lowest BCUT2D eigenvalue weighted by molar-refractivity contribution is 0.0936. The Morgan fingerprint density at radius 3 is 2.26 bits per heavy atom. The van der Waals surface area contributed by atoms with E-state index in [9.17, 15) is 4.79 Å². The number of carbonyl (C=O) groups excluding carboxylic acids is 1. The van der Waals surface area contributed by atoms with Crippen LogP contribution in [-0.2, 0) is 0 Å². The lowest BCUT2D eigenvalue weighted by Gasteiger charge is -2.25. The van der Waals surface area contributed by atoms with Gasteiger partial charge in [0.1, 0.15) is 0 Å². The summed E-state index contributed by atoms with van der Waals surface area (Å²) in [5, 5.41) is 3.07. The van der Waals surface area contributed by atoms with Gasteiger partial charge in [-0.1, -0.05) is 43.6 Å². The fourth-order valence-corrected chi connectivity index (χ4v) is 2.90. The summed E-state index contributed by atoms with van der Waals surface area (Å²) in [6.07, 6.45) is 0. The van der Waals surface area contributed by atoms with Crippen LogP contribution in [0.5, 0.6) is 0 Å². The van der Waals surface area contributed by atoms with Crippen molar-refractivity contribution in [3.63, 3.8) is 0 Å².